The van der Waals surface area contributed by atoms with Gasteiger partial charge in [0.2, 0.25) is 0 Å². The molecule has 3 N–H and O–H groups in total. The topological polar surface area (TPSA) is 61.4 Å². The molecule has 0 aromatic heterocycles. The van der Waals surface area contributed by atoms with Crippen LogP contribution < -0.4 is 10.6 Å². The molecule has 2 atom stereocenters. The average molecular weight is 292 g/mol. The zero-order valence-corrected chi connectivity index (χ0v) is 11.9. The molecule has 0 spiro atoms. The highest BCUT2D eigenvalue weighted by Gasteiger charge is 2.57. The molecule has 114 valence electrons. The second-order valence-corrected chi connectivity index (χ2v) is 6.15. The Morgan fingerprint density at radius 3 is 2.38 bits per heavy atom. The lowest BCUT2D eigenvalue weighted by molar-refractivity contribution is 0.183. The van der Waals surface area contributed by atoms with Crippen LogP contribution in [0.2, 0.25) is 0 Å². The standard InChI is InChI=1S/C16H21FN2O2/c17-16(11-4-2-1-3-5-11)10-14(16)18-12-6-8-13(9-7-12)19-15(20)21/h1-5,12-14,18-19H,6-10H2,(H,20,21). The third kappa shape index (κ3) is 3.18. The quantitative estimate of drug-likeness (QED) is 0.799. The zero-order chi connectivity index (χ0) is 14.9. The zero-order valence-electron chi connectivity index (χ0n) is 11.9. The van der Waals surface area contributed by atoms with Crippen LogP contribution in [0.3, 0.4) is 0 Å². The van der Waals surface area contributed by atoms with E-state index in [1.165, 1.54) is 0 Å². The first-order valence-electron chi connectivity index (χ1n) is 7.58. The van der Waals surface area contributed by atoms with Crippen molar-refractivity contribution in [1.29, 1.82) is 0 Å². The molecule has 0 bridgehead atoms. The first-order valence-corrected chi connectivity index (χ1v) is 7.58. The van der Waals surface area contributed by atoms with Crippen molar-refractivity contribution in [3.63, 3.8) is 0 Å². The number of hydrogen-bond acceptors (Lipinski definition) is 2. The average Bonchev–Trinajstić information content (AvgIpc) is 3.13. The molecule has 1 amide bonds. The molecule has 0 aliphatic heterocycles. The van der Waals surface area contributed by atoms with Crippen LogP contribution in [0.4, 0.5) is 9.18 Å². The van der Waals surface area contributed by atoms with Crippen molar-refractivity contribution < 1.29 is 14.3 Å². The van der Waals surface area contributed by atoms with Crippen molar-refractivity contribution in [1.82, 2.24) is 10.6 Å². The summed E-state index contributed by atoms with van der Waals surface area (Å²) in [5.74, 6) is 0. The largest absolute Gasteiger partial charge is 0.465 e. The first-order chi connectivity index (χ1) is 10.1. The second kappa shape index (κ2) is 5.64. The van der Waals surface area contributed by atoms with Crippen molar-refractivity contribution in [3.05, 3.63) is 35.9 Å². The Balaban J connectivity index is 1.48. The third-order valence-corrected chi connectivity index (χ3v) is 4.64. The summed E-state index contributed by atoms with van der Waals surface area (Å²) in [5, 5.41) is 14.6. The maximum Gasteiger partial charge on any atom is 0.404 e. The van der Waals surface area contributed by atoms with E-state index in [1.807, 2.05) is 30.3 Å². The fourth-order valence-electron chi connectivity index (χ4n) is 3.33. The Morgan fingerprint density at radius 1 is 1.14 bits per heavy atom. The van der Waals surface area contributed by atoms with Gasteiger partial charge in [0.25, 0.3) is 0 Å². The molecule has 2 fully saturated rings. The molecule has 21 heavy (non-hydrogen) atoms. The summed E-state index contributed by atoms with van der Waals surface area (Å²) < 4.78 is 14.7. The highest BCUT2D eigenvalue weighted by atomic mass is 19.1. The van der Waals surface area contributed by atoms with Gasteiger partial charge >= 0.3 is 6.09 Å². The van der Waals surface area contributed by atoms with Crippen molar-refractivity contribution in [3.8, 4) is 0 Å². The molecular weight excluding hydrogens is 271 g/mol. The molecule has 2 unspecified atom stereocenters. The maximum atomic E-state index is 14.7. The van der Waals surface area contributed by atoms with Crippen molar-refractivity contribution in [2.24, 2.45) is 0 Å². The van der Waals surface area contributed by atoms with Gasteiger partial charge in [0.1, 0.15) is 0 Å². The van der Waals surface area contributed by atoms with Gasteiger partial charge in [-0.2, -0.15) is 0 Å². The van der Waals surface area contributed by atoms with E-state index in [0.717, 1.165) is 31.2 Å². The van der Waals surface area contributed by atoms with Gasteiger partial charge in [-0.3, -0.25) is 0 Å². The van der Waals surface area contributed by atoms with Gasteiger partial charge in [-0.25, -0.2) is 9.18 Å². The van der Waals surface area contributed by atoms with Crippen LogP contribution in [0.5, 0.6) is 0 Å². The predicted octanol–water partition coefficient (Wildman–Crippen LogP) is 2.79. The molecule has 0 radical (unpaired) electrons. The van der Waals surface area contributed by atoms with Gasteiger partial charge in [-0.15, -0.1) is 0 Å². The Hall–Kier alpha value is -1.62. The van der Waals surface area contributed by atoms with Crippen LogP contribution in [0.15, 0.2) is 30.3 Å². The van der Waals surface area contributed by atoms with Crippen LogP contribution in [0.1, 0.15) is 37.7 Å². The fourth-order valence-corrected chi connectivity index (χ4v) is 3.33. The van der Waals surface area contributed by atoms with E-state index in [1.54, 1.807) is 0 Å². The predicted molar refractivity (Wildman–Crippen MR) is 78.0 cm³/mol. The number of nitrogens with one attached hydrogen (secondary N) is 2. The molecule has 0 saturated heterocycles. The molecule has 4 nitrogen and oxygen atoms in total. The summed E-state index contributed by atoms with van der Waals surface area (Å²) in [7, 11) is 0. The Labute approximate surface area is 123 Å². The molecule has 5 heteroatoms. The van der Waals surface area contributed by atoms with Crippen molar-refractivity contribution in [2.75, 3.05) is 0 Å². The highest BCUT2D eigenvalue weighted by molar-refractivity contribution is 5.64. The number of rotatable bonds is 4. The van der Waals surface area contributed by atoms with E-state index in [-0.39, 0.29) is 12.1 Å². The number of carbonyl (C=O) groups is 1. The van der Waals surface area contributed by atoms with E-state index in [9.17, 15) is 9.18 Å². The maximum absolute atomic E-state index is 14.7. The number of halogens is 1. The minimum Gasteiger partial charge on any atom is -0.465 e. The summed E-state index contributed by atoms with van der Waals surface area (Å²) in [6.45, 7) is 0. The van der Waals surface area contributed by atoms with Gasteiger partial charge in [0.15, 0.2) is 5.67 Å². The molecule has 1 aromatic rings. The molecule has 0 heterocycles. The Morgan fingerprint density at radius 2 is 1.76 bits per heavy atom. The molecule has 3 rings (SSSR count). The summed E-state index contributed by atoms with van der Waals surface area (Å²) >= 11 is 0. The fraction of sp³-hybridized carbons (Fsp3) is 0.562. The van der Waals surface area contributed by atoms with Gasteiger partial charge in [-0.1, -0.05) is 30.3 Å². The molecule has 1 aromatic carbocycles. The highest BCUT2D eigenvalue weighted by Crippen LogP contribution is 2.50. The molecule has 2 aliphatic rings. The SMILES string of the molecule is O=C(O)NC1CCC(NC2CC2(F)c2ccccc2)CC1. The normalized spacial score (nSPS) is 35.2. The van der Waals surface area contributed by atoms with Crippen molar-refractivity contribution in [2.45, 2.75) is 55.9 Å². The first kappa shape index (κ1) is 14.3. The summed E-state index contributed by atoms with van der Waals surface area (Å²) in [6.07, 6.45) is 3.01. The lowest BCUT2D eigenvalue weighted by Gasteiger charge is -2.29. The van der Waals surface area contributed by atoms with Crippen LogP contribution in [0.25, 0.3) is 0 Å². The molecular formula is C16H21FN2O2. The number of amides is 1. The van der Waals surface area contributed by atoms with Crippen LogP contribution >= 0.6 is 0 Å². The van der Waals surface area contributed by atoms with Crippen LogP contribution in [-0.4, -0.2) is 29.3 Å². The third-order valence-electron chi connectivity index (χ3n) is 4.64. The molecule has 2 aliphatic carbocycles. The second-order valence-electron chi connectivity index (χ2n) is 6.15. The van der Waals surface area contributed by atoms with Gasteiger partial charge < -0.3 is 15.7 Å². The Kier molecular flexibility index (Phi) is 3.85. The van der Waals surface area contributed by atoms with Crippen molar-refractivity contribution >= 4 is 6.09 Å². The lowest BCUT2D eigenvalue weighted by atomic mass is 9.91. The minimum absolute atomic E-state index is 0.0454. The summed E-state index contributed by atoms with van der Waals surface area (Å²) in [5.41, 5.74) is -0.471. The number of hydrogen-bond donors (Lipinski definition) is 3. The number of alkyl halides is 1. The summed E-state index contributed by atoms with van der Waals surface area (Å²) in [4.78, 5) is 10.6. The van der Waals surface area contributed by atoms with E-state index in [2.05, 4.69) is 10.6 Å². The van der Waals surface area contributed by atoms with Gasteiger partial charge in [0.05, 0.1) is 0 Å². The minimum atomic E-state index is -1.22. The summed E-state index contributed by atoms with van der Waals surface area (Å²) in [6, 6.07) is 9.56. The van der Waals surface area contributed by atoms with Gasteiger partial charge in [0, 0.05) is 24.5 Å². The smallest absolute Gasteiger partial charge is 0.404 e. The monoisotopic (exact) mass is 292 g/mol. The molecule has 2 saturated carbocycles. The van der Waals surface area contributed by atoms with E-state index in [4.69, 9.17) is 5.11 Å². The van der Waals surface area contributed by atoms with Crippen LogP contribution in [0, 0.1) is 0 Å². The Bertz CT molecular complexity index is 502. The number of benzene rings is 1. The number of carboxylic acid groups (broad SMARTS) is 1. The lowest BCUT2D eigenvalue weighted by Crippen LogP contribution is -2.43. The van der Waals surface area contributed by atoms with Gasteiger partial charge in [-0.05, 0) is 31.2 Å². The van der Waals surface area contributed by atoms with Crippen LogP contribution in [-0.2, 0) is 5.67 Å². The van der Waals surface area contributed by atoms with E-state index in [0.29, 0.717) is 12.5 Å². The van der Waals surface area contributed by atoms with E-state index >= 15 is 0 Å². The van der Waals surface area contributed by atoms with E-state index < -0.39 is 11.8 Å².